The van der Waals surface area contributed by atoms with Gasteiger partial charge in [0.15, 0.2) is 0 Å². The first-order chi connectivity index (χ1) is 11.3. The smallest absolute Gasteiger partial charge is 0.430 e. The average Bonchev–Trinajstić information content (AvgIpc) is 2.52. The summed E-state index contributed by atoms with van der Waals surface area (Å²) in [5.41, 5.74) is 7.14. The van der Waals surface area contributed by atoms with Crippen LogP contribution in [0.5, 0.6) is 5.75 Å². The summed E-state index contributed by atoms with van der Waals surface area (Å²) in [4.78, 5) is 11.2. The summed E-state index contributed by atoms with van der Waals surface area (Å²) in [6, 6.07) is 11.5. The van der Waals surface area contributed by atoms with Gasteiger partial charge in [-0.1, -0.05) is 18.2 Å². The first-order valence-corrected chi connectivity index (χ1v) is 6.94. The maximum absolute atomic E-state index is 13.0. The fraction of sp³-hybridized carbons (Fsp3) is 0.118. The van der Waals surface area contributed by atoms with Crippen LogP contribution in [0.2, 0.25) is 0 Å². The summed E-state index contributed by atoms with van der Waals surface area (Å²) in [6.45, 7) is 0. The van der Waals surface area contributed by atoms with E-state index in [2.05, 4.69) is 0 Å². The summed E-state index contributed by atoms with van der Waals surface area (Å²) in [5, 5.41) is 9.06. The Hall–Kier alpha value is -2.96. The van der Waals surface area contributed by atoms with E-state index in [-0.39, 0.29) is 11.3 Å². The quantitative estimate of drug-likeness (QED) is 0.820. The van der Waals surface area contributed by atoms with Gasteiger partial charge in [-0.05, 0) is 41.5 Å². The average molecular weight is 335 g/mol. The molecule has 1 unspecified atom stereocenters. The Morgan fingerprint density at radius 3 is 2.46 bits per heavy atom. The molecule has 0 fully saturated rings. The summed E-state index contributed by atoms with van der Waals surface area (Å²) in [5.74, 6) is -1.69. The first-order valence-electron chi connectivity index (χ1n) is 6.94. The number of nitrogen functional groups attached to an aromatic ring is 1. The highest BCUT2D eigenvalue weighted by Gasteiger charge is 2.48. The highest BCUT2D eigenvalue weighted by atomic mass is 19.4. The molecule has 1 aliphatic heterocycles. The molecule has 0 spiro atoms. The minimum absolute atomic E-state index is 0.0185. The van der Waals surface area contributed by atoms with Crippen LogP contribution in [0.1, 0.15) is 5.56 Å². The van der Waals surface area contributed by atoms with Gasteiger partial charge in [0.1, 0.15) is 5.75 Å². The Labute approximate surface area is 135 Å². The fourth-order valence-electron chi connectivity index (χ4n) is 2.52. The van der Waals surface area contributed by atoms with Gasteiger partial charge in [-0.2, -0.15) is 13.2 Å². The van der Waals surface area contributed by atoms with Crippen LogP contribution in [-0.4, -0.2) is 23.4 Å². The van der Waals surface area contributed by atoms with Crippen LogP contribution in [0.3, 0.4) is 0 Å². The molecule has 0 aromatic heterocycles. The molecule has 0 radical (unpaired) electrons. The van der Waals surface area contributed by atoms with Crippen molar-refractivity contribution >= 4 is 17.7 Å². The Kier molecular flexibility index (Phi) is 3.71. The van der Waals surface area contributed by atoms with Crippen LogP contribution in [0.15, 0.2) is 48.0 Å². The van der Waals surface area contributed by atoms with Gasteiger partial charge in [-0.25, -0.2) is 4.79 Å². The summed E-state index contributed by atoms with van der Waals surface area (Å²) in [6.07, 6.45) is -6.30. The molecule has 0 bridgehead atoms. The first kappa shape index (κ1) is 15.9. The molecule has 1 atom stereocenters. The Morgan fingerprint density at radius 2 is 1.83 bits per heavy atom. The van der Waals surface area contributed by atoms with Crippen LogP contribution in [0, 0.1) is 0 Å². The van der Waals surface area contributed by atoms with Crippen LogP contribution < -0.4 is 10.5 Å². The van der Waals surface area contributed by atoms with E-state index >= 15 is 0 Å². The van der Waals surface area contributed by atoms with Crippen molar-refractivity contribution < 1.29 is 27.8 Å². The van der Waals surface area contributed by atoms with Gasteiger partial charge in [-0.15, -0.1) is 0 Å². The molecule has 2 aromatic rings. The third-order valence-corrected chi connectivity index (χ3v) is 3.61. The molecule has 3 rings (SSSR count). The van der Waals surface area contributed by atoms with Gasteiger partial charge in [-0.3, -0.25) is 0 Å². The Bertz CT molecular complexity index is 843. The van der Waals surface area contributed by atoms with Crippen LogP contribution in [0.25, 0.3) is 17.2 Å². The van der Waals surface area contributed by atoms with Gasteiger partial charge >= 0.3 is 12.1 Å². The number of rotatable bonds is 2. The van der Waals surface area contributed by atoms with Gasteiger partial charge in [0.25, 0.3) is 0 Å². The second-order valence-corrected chi connectivity index (χ2v) is 5.32. The highest BCUT2D eigenvalue weighted by molar-refractivity contribution is 5.95. The van der Waals surface area contributed by atoms with E-state index < -0.39 is 23.8 Å². The lowest BCUT2D eigenvalue weighted by Gasteiger charge is -2.27. The number of carboxylic acid groups (broad SMARTS) is 1. The molecule has 1 aliphatic rings. The number of anilines is 1. The molecule has 3 N–H and O–H groups in total. The lowest BCUT2D eigenvalue weighted by molar-refractivity contribution is -0.187. The number of ether oxygens (including phenoxy) is 1. The number of carbonyl (C=O) groups is 1. The number of hydrogen-bond acceptors (Lipinski definition) is 3. The molecule has 4 nitrogen and oxygen atoms in total. The maximum atomic E-state index is 13.0. The molecule has 24 heavy (non-hydrogen) atoms. The molecular weight excluding hydrogens is 323 g/mol. The van der Waals surface area contributed by atoms with Crippen molar-refractivity contribution in [2.24, 2.45) is 0 Å². The molecule has 7 heteroatoms. The van der Waals surface area contributed by atoms with Gasteiger partial charge in [0.2, 0.25) is 6.10 Å². The van der Waals surface area contributed by atoms with Gasteiger partial charge in [0, 0.05) is 11.3 Å². The number of fused-ring (bicyclic) bond motifs is 1. The number of alkyl halides is 3. The monoisotopic (exact) mass is 335 g/mol. The normalized spacial score (nSPS) is 16.8. The van der Waals surface area contributed by atoms with E-state index in [4.69, 9.17) is 15.6 Å². The third kappa shape index (κ3) is 2.92. The molecular formula is C17H12F3NO3. The summed E-state index contributed by atoms with van der Waals surface area (Å²) >= 11 is 0. The van der Waals surface area contributed by atoms with E-state index in [0.717, 1.165) is 11.6 Å². The minimum Gasteiger partial charge on any atom is -0.478 e. The zero-order chi connectivity index (χ0) is 17.5. The van der Waals surface area contributed by atoms with Crippen LogP contribution in [0.4, 0.5) is 18.9 Å². The predicted octanol–water partition coefficient (Wildman–Crippen LogP) is 3.73. The van der Waals surface area contributed by atoms with Crippen molar-refractivity contribution in [1.29, 1.82) is 0 Å². The van der Waals surface area contributed by atoms with Crippen molar-refractivity contribution in [2.75, 3.05) is 5.73 Å². The van der Waals surface area contributed by atoms with Crippen LogP contribution in [-0.2, 0) is 4.79 Å². The molecule has 124 valence electrons. The minimum atomic E-state index is -4.81. The number of benzene rings is 2. The summed E-state index contributed by atoms with van der Waals surface area (Å²) < 4.78 is 43.9. The van der Waals surface area contributed by atoms with E-state index in [9.17, 15) is 18.0 Å². The SMILES string of the molecule is Nc1cccc(-c2ccc3c(c2)C=C(C(=O)O)C(C(F)(F)F)O3)c1. The lowest BCUT2D eigenvalue weighted by atomic mass is 9.97. The second kappa shape index (κ2) is 5.59. The molecule has 2 aromatic carbocycles. The van der Waals surface area contributed by atoms with E-state index in [1.54, 1.807) is 36.4 Å². The largest absolute Gasteiger partial charge is 0.478 e. The van der Waals surface area contributed by atoms with Crippen molar-refractivity contribution in [3.05, 3.63) is 53.6 Å². The van der Waals surface area contributed by atoms with Crippen molar-refractivity contribution in [3.8, 4) is 16.9 Å². The standard InChI is InChI=1S/C17H12F3NO3/c18-17(19,20)15-13(16(22)23)8-11-6-10(4-5-14(11)24-15)9-2-1-3-12(21)7-9/h1-8,15H,21H2,(H,22,23). The zero-order valence-corrected chi connectivity index (χ0v) is 12.2. The molecule has 0 saturated heterocycles. The zero-order valence-electron chi connectivity index (χ0n) is 12.2. The molecule has 1 heterocycles. The van der Waals surface area contributed by atoms with Gasteiger partial charge in [0.05, 0.1) is 5.57 Å². The summed E-state index contributed by atoms with van der Waals surface area (Å²) in [7, 11) is 0. The van der Waals surface area contributed by atoms with Crippen molar-refractivity contribution in [3.63, 3.8) is 0 Å². The fourth-order valence-corrected chi connectivity index (χ4v) is 2.52. The molecule has 0 aliphatic carbocycles. The number of nitrogens with two attached hydrogens (primary N) is 1. The topological polar surface area (TPSA) is 72.6 Å². The number of aliphatic carboxylic acids is 1. The maximum Gasteiger partial charge on any atom is 0.430 e. The highest BCUT2D eigenvalue weighted by Crippen LogP contribution is 2.38. The molecule has 0 saturated carbocycles. The number of halogens is 3. The van der Waals surface area contributed by atoms with Crippen molar-refractivity contribution in [1.82, 2.24) is 0 Å². The Balaban J connectivity index is 2.08. The predicted molar refractivity (Wildman–Crippen MR) is 82.4 cm³/mol. The Morgan fingerprint density at radius 1 is 1.12 bits per heavy atom. The number of hydrogen-bond donors (Lipinski definition) is 2. The second-order valence-electron chi connectivity index (χ2n) is 5.32. The van der Waals surface area contributed by atoms with Gasteiger partial charge < -0.3 is 15.6 Å². The van der Waals surface area contributed by atoms with E-state index in [1.165, 1.54) is 6.07 Å². The lowest BCUT2D eigenvalue weighted by Crippen LogP contribution is -2.40. The third-order valence-electron chi connectivity index (χ3n) is 3.61. The van der Waals surface area contributed by atoms with E-state index in [1.807, 2.05) is 0 Å². The van der Waals surface area contributed by atoms with Crippen LogP contribution >= 0.6 is 0 Å². The van der Waals surface area contributed by atoms with Crippen molar-refractivity contribution in [2.45, 2.75) is 12.3 Å². The van der Waals surface area contributed by atoms with E-state index in [0.29, 0.717) is 11.3 Å². The number of carboxylic acids is 1. The molecule has 0 amide bonds.